The Morgan fingerprint density at radius 2 is 2.09 bits per heavy atom. The number of nitrogens with zero attached hydrogens (tertiary/aromatic N) is 2. The maximum absolute atomic E-state index is 13.0. The fraction of sp³-hybridized carbons (Fsp3) is 0.235. The molecule has 0 bridgehead atoms. The molecule has 0 N–H and O–H groups in total. The summed E-state index contributed by atoms with van der Waals surface area (Å²) in [5, 5.41) is 0. The van der Waals surface area contributed by atoms with Gasteiger partial charge in [0, 0.05) is 19.3 Å². The zero-order chi connectivity index (χ0) is 15.3. The van der Waals surface area contributed by atoms with Crippen LogP contribution in [-0.2, 0) is 13.5 Å². The first kappa shape index (κ1) is 13.9. The third-order valence-corrected chi connectivity index (χ3v) is 5.48. The molecule has 0 fully saturated rings. The van der Waals surface area contributed by atoms with Crippen molar-refractivity contribution in [2.24, 2.45) is 7.05 Å². The van der Waals surface area contributed by atoms with Crippen LogP contribution in [0.5, 0.6) is 0 Å². The second kappa shape index (κ2) is 5.14. The van der Waals surface area contributed by atoms with Gasteiger partial charge in [0.05, 0.1) is 14.6 Å². The number of thiophene rings is 1. The Labute approximate surface area is 137 Å². The number of benzene rings is 1. The molecule has 1 amide bonds. The van der Waals surface area contributed by atoms with Crippen molar-refractivity contribution in [2.45, 2.75) is 12.8 Å². The van der Waals surface area contributed by atoms with Gasteiger partial charge in [-0.1, -0.05) is 29.8 Å². The van der Waals surface area contributed by atoms with Gasteiger partial charge in [-0.05, 0) is 36.6 Å². The van der Waals surface area contributed by atoms with E-state index < -0.39 is 0 Å². The number of aryl methyl sites for hydroxylation is 2. The fourth-order valence-corrected chi connectivity index (χ4v) is 4.37. The summed E-state index contributed by atoms with van der Waals surface area (Å²) >= 11 is 7.56. The summed E-state index contributed by atoms with van der Waals surface area (Å²) in [6.45, 7) is 0.773. The quantitative estimate of drug-likeness (QED) is 0.645. The Hall–Kier alpha value is -1.78. The molecule has 3 heterocycles. The Bertz CT molecular complexity index is 880. The monoisotopic (exact) mass is 330 g/mol. The second-order valence-corrected chi connectivity index (χ2v) is 7.29. The van der Waals surface area contributed by atoms with Gasteiger partial charge in [0.2, 0.25) is 0 Å². The summed E-state index contributed by atoms with van der Waals surface area (Å²) < 4.78 is 3.75. The summed E-state index contributed by atoms with van der Waals surface area (Å²) in [4.78, 5) is 14.9. The predicted octanol–water partition coefficient (Wildman–Crippen LogP) is 4.49. The van der Waals surface area contributed by atoms with E-state index in [1.165, 1.54) is 16.9 Å². The number of amides is 1. The summed E-state index contributed by atoms with van der Waals surface area (Å²) in [6.07, 6.45) is 2.05. The molecular weight excluding hydrogens is 316 g/mol. The van der Waals surface area contributed by atoms with E-state index in [4.69, 9.17) is 11.6 Å². The molecule has 0 atom stereocenters. The number of hydrogen-bond donors (Lipinski definition) is 0. The molecule has 4 rings (SSSR count). The SMILES string of the molecule is Cn1c(C(=O)N2CCCc3ccccc32)cc2sc(Cl)cc21. The largest absolute Gasteiger partial charge is 0.339 e. The molecule has 2 aromatic heterocycles. The minimum absolute atomic E-state index is 0.0640. The lowest BCUT2D eigenvalue weighted by Crippen LogP contribution is -2.36. The number of rotatable bonds is 1. The molecule has 5 heteroatoms. The maximum atomic E-state index is 13.0. The number of anilines is 1. The summed E-state index contributed by atoms with van der Waals surface area (Å²) in [7, 11) is 1.93. The van der Waals surface area contributed by atoms with Crippen molar-refractivity contribution in [2.75, 3.05) is 11.4 Å². The number of fused-ring (bicyclic) bond motifs is 2. The lowest BCUT2D eigenvalue weighted by molar-refractivity contribution is 0.0977. The first-order chi connectivity index (χ1) is 10.6. The van der Waals surface area contributed by atoms with Crippen molar-refractivity contribution in [1.82, 2.24) is 4.57 Å². The van der Waals surface area contributed by atoms with Gasteiger partial charge in [0.1, 0.15) is 5.69 Å². The molecule has 0 radical (unpaired) electrons. The van der Waals surface area contributed by atoms with E-state index >= 15 is 0 Å². The van der Waals surface area contributed by atoms with Gasteiger partial charge in [0.25, 0.3) is 5.91 Å². The fourth-order valence-electron chi connectivity index (χ4n) is 3.17. The third-order valence-electron chi connectivity index (χ3n) is 4.28. The van der Waals surface area contributed by atoms with Crippen LogP contribution in [-0.4, -0.2) is 17.0 Å². The minimum atomic E-state index is 0.0640. The van der Waals surface area contributed by atoms with E-state index in [1.54, 1.807) is 0 Å². The number of aromatic nitrogens is 1. The van der Waals surface area contributed by atoms with Crippen LogP contribution in [0.2, 0.25) is 4.34 Å². The third kappa shape index (κ3) is 2.06. The van der Waals surface area contributed by atoms with Crippen LogP contribution >= 0.6 is 22.9 Å². The van der Waals surface area contributed by atoms with E-state index in [0.29, 0.717) is 0 Å². The van der Waals surface area contributed by atoms with E-state index in [2.05, 4.69) is 6.07 Å². The molecule has 112 valence electrons. The first-order valence-corrected chi connectivity index (χ1v) is 8.49. The molecule has 3 aromatic rings. The number of halogens is 1. The van der Waals surface area contributed by atoms with E-state index in [0.717, 1.165) is 45.3 Å². The highest BCUT2D eigenvalue weighted by Crippen LogP contribution is 2.33. The highest BCUT2D eigenvalue weighted by Gasteiger charge is 2.26. The molecule has 3 nitrogen and oxygen atoms in total. The minimum Gasteiger partial charge on any atom is -0.339 e. The average Bonchev–Trinajstić information content (AvgIpc) is 3.04. The second-order valence-electron chi connectivity index (χ2n) is 5.58. The molecular formula is C17H15ClN2OS. The standard InChI is InChI=1S/C17H15ClN2OS/c1-19-13-10-16(18)22-15(13)9-14(19)17(21)20-8-4-6-11-5-2-3-7-12(11)20/h2-3,5,7,9-10H,4,6,8H2,1H3. The molecule has 22 heavy (non-hydrogen) atoms. The molecule has 1 aromatic carbocycles. The van der Waals surface area contributed by atoms with E-state index in [1.807, 2.05) is 46.8 Å². The molecule has 0 spiro atoms. The van der Waals surface area contributed by atoms with Crippen molar-refractivity contribution in [3.63, 3.8) is 0 Å². The Balaban J connectivity index is 1.78. The number of carbonyl (C=O) groups is 1. The molecule has 0 saturated carbocycles. The summed E-state index contributed by atoms with van der Waals surface area (Å²) in [5.41, 5.74) is 4.03. The van der Waals surface area contributed by atoms with Crippen molar-refractivity contribution in [3.8, 4) is 0 Å². The van der Waals surface area contributed by atoms with Crippen LogP contribution in [0.15, 0.2) is 36.4 Å². The summed E-state index contributed by atoms with van der Waals surface area (Å²) in [6, 6.07) is 12.0. The molecule has 1 aliphatic heterocycles. The van der Waals surface area contributed by atoms with Crippen molar-refractivity contribution < 1.29 is 4.79 Å². The van der Waals surface area contributed by atoms with Crippen LogP contribution in [0.25, 0.3) is 10.2 Å². The number of carbonyl (C=O) groups excluding carboxylic acids is 1. The highest BCUT2D eigenvalue weighted by molar-refractivity contribution is 7.22. The zero-order valence-corrected chi connectivity index (χ0v) is 13.7. The van der Waals surface area contributed by atoms with Crippen LogP contribution < -0.4 is 4.90 Å². The predicted molar refractivity (Wildman–Crippen MR) is 92.2 cm³/mol. The number of hydrogen-bond acceptors (Lipinski definition) is 2. The van der Waals surface area contributed by atoms with Gasteiger partial charge in [-0.15, -0.1) is 11.3 Å². The van der Waals surface area contributed by atoms with E-state index in [-0.39, 0.29) is 5.91 Å². The summed E-state index contributed by atoms with van der Waals surface area (Å²) in [5.74, 6) is 0.0640. The van der Waals surface area contributed by atoms with Crippen molar-refractivity contribution >= 4 is 44.7 Å². The van der Waals surface area contributed by atoms with Gasteiger partial charge in [0.15, 0.2) is 0 Å². The van der Waals surface area contributed by atoms with Gasteiger partial charge >= 0.3 is 0 Å². The highest BCUT2D eigenvalue weighted by atomic mass is 35.5. The lowest BCUT2D eigenvalue weighted by atomic mass is 10.0. The first-order valence-electron chi connectivity index (χ1n) is 7.29. The topological polar surface area (TPSA) is 25.2 Å². The number of para-hydroxylation sites is 1. The molecule has 1 aliphatic rings. The van der Waals surface area contributed by atoms with Crippen molar-refractivity contribution in [1.29, 1.82) is 0 Å². The van der Waals surface area contributed by atoms with Crippen LogP contribution in [0.4, 0.5) is 5.69 Å². The lowest BCUT2D eigenvalue weighted by Gasteiger charge is -2.29. The van der Waals surface area contributed by atoms with Gasteiger partial charge in [-0.3, -0.25) is 4.79 Å². The maximum Gasteiger partial charge on any atom is 0.274 e. The van der Waals surface area contributed by atoms with Gasteiger partial charge < -0.3 is 9.47 Å². The Morgan fingerprint density at radius 3 is 2.91 bits per heavy atom. The molecule has 0 unspecified atom stereocenters. The van der Waals surface area contributed by atoms with E-state index in [9.17, 15) is 4.79 Å². The molecule has 0 aliphatic carbocycles. The Morgan fingerprint density at radius 1 is 1.27 bits per heavy atom. The van der Waals surface area contributed by atoms with Gasteiger partial charge in [-0.2, -0.15) is 0 Å². The van der Waals surface area contributed by atoms with Crippen LogP contribution in [0, 0.1) is 0 Å². The smallest absolute Gasteiger partial charge is 0.274 e. The van der Waals surface area contributed by atoms with Crippen molar-refractivity contribution in [3.05, 3.63) is 52.0 Å². The zero-order valence-electron chi connectivity index (χ0n) is 12.2. The Kier molecular flexibility index (Phi) is 3.24. The molecule has 0 saturated heterocycles. The van der Waals surface area contributed by atoms with Crippen LogP contribution in [0.1, 0.15) is 22.5 Å². The van der Waals surface area contributed by atoms with Crippen LogP contribution in [0.3, 0.4) is 0 Å². The van der Waals surface area contributed by atoms with Gasteiger partial charge in [-0.25, -0.2) is 0 Å². The normalized spacial score (nSPS) is 14.4. The average molecular weight is 331 g/mol.